The van der Waals surface area contributed by atoms with Crippen LogP contribution in [0.1, 0.15) is 0 Å². The fourth-order valence-electron chi connectivity index (χ4n) is 2.63. The van der Waals surface area contributed by atoms with Crippen LogP contribution in [-0.2, 0) is 0 Å². The molecule has 0 saturated carbocycles. The van der Waals surface area contributed by atoms with E-state index in [0.29, 0.717) is 5.75 Å². The van der Waals surface area contributed by atoms with Crippen molar-refractivity contribution < 1.29 is 18.9 Å². The van der Waals surface area contributed by atoms with E-state index in [1.807, 2.05) is 30.5 Å². The van der Waals surface area contributed by atoms with E-state index in [1.54, 1.807) is 14.2 Å². The molecule has 0 saturated heterocycles. The van der Waals surface area contributed by atoms with Crippen molar-refractivity contribution >= 4 is 21.7 Å². The minimum Gasteiger partial charge on any atom is -0.497 e. The van der Waals surface area contributed by atoms with E-state index in [0.717, 1.165) is 38.9 Å². The zero-order valence-corrected chi connectivity index (χ0v) is 11.7. The molecule has 0 bridgehead atoms. The summed E-state index contributed by atoms with van der Waals surface area (Å²) in [7, 11) is 3.26. The Morgan fingerprint density at radius 2 is 1.76 bits per heavy atom. The van der Waals surface area contributed by atoms with Gasteiger partial charge in [-0.2, -0.15) is 0 Å². The highest BCUT2D eigenvalue weighted by Crippen LogP contribution is 2.40. The zero-order valence-electron chi connectivity index (χ0n) is 11.7. The van der Waals surface area contributed by atoms with Gasteiger partial charge < -0.3 is 18.9 Å². The third-order valence-electron chi connectivity index (χ3n) is 3.67. The Labute approximate surface area is 121 Å². The minimum atomic E-state index is 0.254. The van der Waals surface area contributed by atoms with Gasteiger partial charge in [-0.3, -0.25) is 4.98 Å². The Balaban J connectivity index is 2.12. The number of pyridine rings is 1. The van der Waals surface area contributed by atoms with Gasteiger partial charge in [-0.15, -0.1) is 0 Å². The van der Waals surface area contributed by atoms with Gasteiger partial charge in [0.25, 0.3) is 0 Å². The molecule has 3 aromatic rings. The van der Waals surface area contributed by atoms with Gasteiger partial charge in [0.15, 0.2) is 11.5 Å². The van der Waals surface area contributed by atoms with Crippen LogP contribution in [0.25, 0.3) is 21.7 Å². The molecule has 2 aromatic carbocycles. The molecule has 0 atom stereocenters. The second kappa shape index (κ2) is 4.41. The first-order valence-corrected chi connectivity index (χ1v) is 6.54. The van der Waals surface area contributed by atoms with Gasteiger partial charge >= 0.3 is 0 Å². The maximum absolute atomic E-state index is 5.46. The van der Waals surface area contributed by atoms with Crippen molar-refractivity contribution in [1.82, 2.24) is 4.98 Å². The van der Waals surface area contributed by atoms with E-state index in [9.17, 15) is 0 Å². The lowest BCUT2D eigenvalue weighted by molar-refractivity contribution is 0.174. The SMILES string of the molecule is COc1cc(OC)c2ncc3cc4c(cc3c2c1)OCO4. The molecular weight excluding hydrogens is 270 g/mol. The molecule has 21 heavy (non-hydrogen) atoms. The molecule has 0 N–H and O–H groups in total. The number of methoxy groups -OCH3 is 2. The third-order valence-corrected chi connectivity index (χ3v) is 3.67. The lowest BCUT2D eigenvalue weighted by Gasteiger charge is -2.10. The molecule has 0 radical (unpaired) electrons. The molecule has 0 spiro atoms. The molecule has 106 valence electrons. The predicted octanol–water partition coefficient (Wildman–Crippen LogP) is 3.13. The number of ether oxygens (including phenoxy) is 4. The molecule has 1 aromatic heterocycles. The van der Waals surface area contributed by atoms with Crippen molar-refractivity contribution in [3.8, 4) is 23.0 Å². The fourth-order valence-corrected chi connectivity index (χ4v) is 2.63. The molecule has 0 unspecified atom stereocenters. The number of rotatable bonds is 2. The Kier molecular flexibility index (Phi) is 2.54. The van der Waals surface area contributed by atoms with Gasteiger partial charge in [0, 0.05) is 23.0 Å². The Morgan fingerprint density at radius 3 is 2.52 bits per heavy atom. The van der Waals surface area contributed by atoms with Gasteiger partial charge in [-0.05, 0) is 23.6 Å². The topological polar surface area (TPSA) is 49.8 Å². The largest absolute Gasteiger partial charge is 0.497 e. The number of aromatic nitrogens is 1. The molecule has 0 fully saturated rings. The normalized spacial score (nSPS) is 12.9. The summed E-state index contributed by atoms with van der Waals surface area (Å²) in [5, 5.41) is 2.98. The second-order valence-corrected chi connectivity index (χ2v) is 4.78. The molecule has 5 nitrogen and oxygen atoms in total. The van der Waals surface area contributed by atoms with Gasteiger partial charge in [-0.1, -0.05) is 0 Å². The highest BCUT2D eigenvalue weighted by Gasteiger charge is 2.17. The van der Waals surface area contributed by atoms with Gasteiger partial charge in [0.2, 0.25) is 6.79 Å². The van der Waals surface area contributed by atoms with E-state index in [-0.39, 0.29) is 6.79 Å². The summed E-state index contributed by atoms with van der Waals surface area (Å²) < 4.78 is 21.6. The van der Waals surface area contributed by atoms with Crippen LogP contribution in [-0.4, -0.2) is 26.0 Å². The van der Waals surface area contributed by atoms with Crippen molar-refractivity contribution in [1.29, 1.82) is 0 Å². The average Bonchev–Trinajstić information content (AvgIpc) is 2.98. The fraction of sp³-hybridized carbons (Fsp3) is 0.188. The zero-order chi connectivity index (χ0) is 14.4. The van der Waals surface area contributed by atoms with Crippen LogP contribution in [0.5, 0.6) is 23.0 Å². The summed E-state index contributed by atoms with van der Waals surface area (Å²) in [5.41, 5.74) is 0.796. The molecule has 5 heteroatoms. The van der Waals surface area contributed by atoms with Crippen molar-refractivity contribution in [3.63, 3.8) is 0 Å². The smallest absolute Gasteiger partial charge is 0.231 e. The summed E-state index contributed by atoms with van der Waals surface area (Å²) in [6.45, 7) is 0.254. The van der Waals surface area contributed by atoms with Crippen molar-refractivity contribution in [2.45, 2.75) is 0 Å². The van der Waals surface area contributed by atoms with Crippen LogP contribution in [0.4, 0.5) is 0 Å². The average molecular weight is 283 g/mol. The van der Waals surface area contributed by atoms with Gasteiger partial charge in [-0.25, -0.2) is 0 Å². The highest BCUT2D eigenvalue weighted by atomic mass is 16.7. The molecule has 4 rings (SSSR count). The van der Waals surface area contributed by atoms with Crippen molar-refractivity contribution in [3.05, 3.63) is 30.5 Å². The number of hydrogen-bond donors (Lipinski definition) is 0. The van der Waals surface area contributed by atoms with Crippen LogP contribution in [0.2, 0.25) is 0 Å². The van der Waals surface area contributed by atoms with Crippen molar-refractivity contribution in [2.24, 2.45) is 0 Å². The molecule has 1 aliphatic rings. The van der Waals surface area contributed by atoms with E-state index in [1.165, 1.54) is 0 Å². The van der Waals surface area contributed by atoms with E-state index >= 15 is 0 Å². The molecular formula is C16H13NO4. The monoisotopic (exact) mass is 283 g/mol. The van der Waals surface area contributed by atoms with Crippen LogP contribution in [0.3, 0.4) is 0 Å². The lowest BCUT2D eigenvalue weighted by Crippen LogP contribution is -1.92. The maximum Gasteiger partial charge on any atom is 0.231 e. The van der Waals surface area contributed by atoms with Gasteiger partial charge in [0.05, 0.1) is 14.2 Å². The highest BCUT2D eigenvalue weighted by molar-refractivity contribution is 6.08. The van der Waals surface area contributed by atoms with E-state index in [4.69, 9.17) is 18.9 Å². The second-order valence-electron chi connectivity index (χ2n) is 4.78. The van der Waals surface area contributed by atoms with Crippen LogP contribution < -0.4 is 18.9 Å². The Bertz CT molecular complexity index is 860. The first kappa shape index (κ1) is 12.1. The molecule has 0 amide bonds. The van der Waals surface area contributed by atoms with E-state index < -0.39 is 0 Å². The number of fused-ring (bicyclic) bond motifs is 4. The summed E-state index contributed by atoms with van der Waals surface area (Å²) in [4.78, 5) is 4.50. The minimum absolute atomic E-state index is 0.254. The number of nitrogens with zero attached hydrogens (tertiary/aromatic N) is 1. The summed E-state index contributed by atoms with van der Waals surface area (Å²) in [5.74, 6) is 2.91. The first-order chi connectivity index (χ1) is 10.3. The quantitative estimate of drug-likeness (QED) is 0.676. The standard InChI is InChI=1S/C16H13NO4/c1-18-10-4-12-11-6-14-13(20-8-21-14)3-9(11)7-17-16(12)15(5-10)19-2/h3-7H,8H2,1-2H3. The first-order valence-electron chi connectivity index (χ1n) is 6.54. The number of benzene rings is 2. The molecule has 0 aliphatic carbocycles. The van der Waals surface area contributed by atoms with Crippen LogP contribution in [0, 0.1) is 0 Å². The van der Waals surface area contributed by atoms with Gasteiger partial charge in [0.1, 0.15) is 17.0 Å². The summed E-state index contributed by atoms with van der Waals surface area (Å²) in [6.07, 6.45) is 1.81. The molecule has 2 heterocycles. The maximum atomic E-state index is 5.46. The predicted molar refractivity (Wildman–Crippen MR) is 78.5 cm³/mol. The summed E-state index contributed by atoms with van der Waals surface area (Å²) in [6, 6.07) is 7.69. The Morgan fingerprint density at radius 1 is 0.952 bits per heavy atom. The van der Waals surface area contributed by atoms with Crippen LogP contribution >= 0.6 is 0 Å². The third kappa shape index (κ3) is 1.74. The van der Waals surface area contributed by atoms with E-state index in [2.05, 4.69) is 4.98 Å². The number of hydrogen-bond acceptors (Lipinski definition) is 5. The van der Waals surface area contributed by atoms with Crippen LogP contribution in [0.15, 0.2) is 30.5 Å². The van der Waals surface area contributed by atoms with Crippen molar-refractivity contribution in [2.75, 3.05) is 21.0 Å². The summed E-state index contributed by atoms with van der Waals surface area (Å²) >= 11 is 0. The molecule has 1 aliphatic heterocycles. The lowest BCUT2D eigenvalue weighted by atomic mass is 10.1. The Hall–Kier alpha value is -2.69.